The van der Waals surface area contributed by atoms with Crippen molar-refractivity contribution in [3.63, 3.8) is 0 Å². The van der Waals surface area contributed by atoms with Gasteiger partial charge >= 0.3 is 6.18 Å². The number of halogens is 3. The molecule has 3 nitrogen and oxygen atoms in total. The molecular weight excluding hydrogens is 319 g/mol. The van der Waals surface area contributed by atoms with Gasteiger partial charge in [0.1, 0.15) is 0 Å². The van der Waals surface area contributed by atoms with E-state index in [1.807, 2.05) is 0 Å². The molecule has 1 atom stereocenters. The molecule has 1 aromatic rings. The van der Waals surface area contributed by atoms with E-state index < -0.39 is 11.7 Å². The standard InChI is InChI=1S/C18H24F3NO2/c1-24-10-4-7-14-6-3-9-22(13-14)17(23)12-15-5-2-8-16(11-15)18(19,20)21/h2,5,8,11,14H,3-4,6-7,9-10,12-13H2,1H3. The summed E-state index contributed by atoms with van der Waals surface area (Å²) in [5.41, 5.74) is -0.291. The highest BCUT2D eigenvalue weighted by Crippen LogP contribution is 2.30. The van der Waals surface area contributed by atoms with Crippen LogP contribution in [0.3, 0.4) is 0 Å². The minimum Gasteiger partial charge on any atom is -0.385 e. The lowest BCUT2D eigenvalue weighted by atomic mass is 9.93. The molecule has 1 amide bonds. The van der Waals surface area contributed by atoms with Crippen molar-refractivity contribution < 1.29 is 22.7 Å². The maximum atomic E-state index is 12.8. The number of hydrogen-bond donors (Lipinski definition) is 0. The van der Waals surface area contributed by atoms with Crippen LogP contribution in [-0.2, 0) is 22.1 Å². The molecule has 0 spiro atoms. The zero-order chi connectivity index (χ0) is 17.6. The fourth-order valence-corrected chi connectivity index (χ4v) is 3.19. The number of carbonyl (C=O) groups is 1. The van der Waals surface area contributed by atoms with Crippen LogP contribution in [0.15, 0.2) is 24.3 Å². The third-order valence-corrected chi connectivity index (χ3v) is 4.44. The largest absolute Gasteiger partial charge is 0.416 e. The number of methoxy groups -OCH3 is 1. The van der Waals surface area contributed by atoms with Crippen molar-refractivity contribution in [1.82, 2.24) is 4.90 Å². The molecule has 1 aliphatic rings. The van der Waals surface area contributed by atoms with Crippen molar-refractivity contribution in [1.29, 1.82) is 0 Å². The smallest absolute Gasteiger partial charge is 0.385 e. The highest BCUT2D eigenvalue weighted by molar-refractivity contribution is 5.79. The first-order valence-corrected chi connectivity index (χ1v) is 8.33. The summed E-state index contributed by atoms with van der Waals surface area (Å²) in [7, 11) is 1.67. The predicted molar refractivity (Wildman–Crippen MR) is 85.6 cm³/mol. The molecular formula is C18H24F3NO2. The van der Waals surface area contributed by atoms with E-state index in [2.05, 4.69) is 0 Å². The van der Waals surface area contributed by atoms with Crippen molar-refractivity contribution >= 4 is 5.91 Å². The summed E-state index contributed by atoms with van der Waals surface area (Å²) in [6.07, 6.45) is -0.327. The van der Waals surface area contributed by atoms with Crippen molar-refractivity contribution in [2.24, 2.45) is 5.92 Å². The van der Waals surface area contributed by atoms with Gasteiger partial charge in [-0.15, -0.1) is 0 Å². The number of alkyl halides is 3. The number of piperidine rings is 1. The topological polar surface area (TPSA) is 29.5 Å². The Morgan fingerprint density at radius 2 is 2.17 bits per heavy atom. The molecule has 0 N–H and O–H groups in total. The molecule has 2 rings (SSSR count). The highest BCUT2D eigenvalue weighted by Gasteiger charge is 2.30. The van der Waals surface area contributed by atoms with Crippen molar-refractivity contribution in [3.8, 4) is 0 Å². The molecule has 0 aliphatic carbocycles. The van der Waals surface area contributed by atoms with Crippen LogP contribution in [0.25, 0.3) is 0 Å². The van der Waals surface area contributed by atoms with E-state index >= 15 is 0 Å². The zero-order valence-corrected chi connectivity index (χ0v) is 13.9. The highest BCUT2D eigenvalue weighted by atomic mass is 19.4. The molecule has 1 heterocycles. The Morgan fingerprint density at radius 3 is 2.88 bits per heavy atom. The SMILES string of the molecule is COCCCC1CCCN(C(=O)Cc2cccc(C(F)(F)F)c2)C1. The summed E-state index contributed by atoms with van der Waals surface area (Å²) in [5, 5.41) is 0. The second kappa shape index (κ2) is 8.51. The van der Waals surface area contributed by atoms with Gasteiger partial charge < -0.3 is 9.64 Å². The van der Waals surface area contributed by atoms with Gasteiger partial charge in [0.05, 0.1) is 12.0 Å². The van der Waals surface area contributed by atoms with E-state index in [-0.39, 0.29) is 12.3 Å². The van der Waals surface area contributed by atoms with Gasteiger partial charge in [-0.3, -0.25) is 4.79 Å². The summed E-state index contributed by atoms with van der Waals surface area (Å²) in [5.74, 6) is 0.366. The van der Waals surface area contributed by atoms with Crippen LogP contribution < -0.4 is 0 Å². The fourth-order valence-electron chi connectivity index (χ4n) is 3.19. The van der Waals surface area contributed by atoms with E-state index in [1.165, 1.54) is 6.07 Å². The molecule has 0 aromatic heterocycles. The molecule has 0 saturated carbocycles. The molecule has 1 aromatic carbocycles. The molecule has 1 fully saturated rings. The van der Waals surface area contributed by atoms with Crippen LogP contribution in [0.2, 0.25) is 0 Å². The Labute approximate surface area is 140 Å². The first-order chi connectivity index (χ1) is 11.4. The lowest BCUT2D eigenvalue weighted by Gasteiger charge is -2.33. The van der Waals surface area contributed by atoms with Crippen LogP contribution in [-0.4, -0.2) is 37.6 Å². The lowest BCUT2D eigenvalue weighted by molar-refractivity contribution is -0.138. The average molecular weight is 343 g/mol. The Balaban J connectivity index is 1.92. The second-order valence-corrected chi connectivity index (χ2v) is 6.36. The first kappa shape index (κ1) is 18.8. The molecule has 134 valence electrons. The monoisotopic (exact) mass is 343 g/mol. The van der Waals surface area contributed by atoms with Crippen LogP contribution in [0.5, 0.6) is 0 Å². The molecule has 0 bridgehead atoms. The summed E-state index contributed by atoms with van der Waals surface area (Å²) in [4.78, 5) is 14.2. The lowest BCUT2D eigenvalue weighted by Crippen LogP contribution is -2.40. The van der Waals surface area contributed by atoms with Crippen LogP contribution in [0.1, 0.15) is 36.8 Å². The third kappa shape index (κ3) is 5.51. The van der Waals surface area contributed by atoms with Crippen LogP contribution >= 0.6 is 0 Å². The quantitative estimate of drug-likeness (QED) is 0.733. The maximum absolute atomic E-state index is 12.8. The van der Waals surface area contributed by atoms with Crippen LogP contribution in [0.4, 0.5) is 13.2 Å². The molecule has 0 radical (unpaired) electrons. The third-order valence-electron chi connectivity index (χ3n) is 4.44. The fraction of sp³-hybridized carbons (Fsp3) is 0.611. The van der Waals surface area contributed by atoms with Gasteiger partial charge in [0.2, 0.25) is 5.91 Å². The number of hydrogen-bond acceptors (Lipinski definition) is 2. The number of ether oxygens (including phenoxy) is 1. The zero-order valence-electron chi connectivity index (χ0n) is 13.9. The van der Waals surface area contributed by atoms with Crippen molar-refractivity contribution in [3.05, 3.63) is 35.4 Å². The number of nitrogens with zero attached hydrogens (tertiary/aromatic N) is 1. The predicted octanol–water partition coefficient (Wildman–Crippen LogP) is 3.91. The van der Waals surface area contributed by atoms with E-state index in [1.54, 1.807) is 18.1 Å². The van der Waals surface area contributed by atoms with Gasteiger partial charge in [-0.1, -0.05) is 18.2 Å². The minimum absolute atomic E-state index is 0.0225. The number of benzene rings is 1. The number of rotatable bonds is 6. The van der Waals surface area contributed by atoms with E-state index in [0.29, 0.717) is 31.2 Å². The Kier molecular flexibility index (Phi) is 6.66. The van der Waals surface area contributed by atoms with Crippen molar-refractivity contribution in [2.75, 3.05) is 26.8 Å². The summed E-state index contributed by atoms with van der Waals surface area (Å²) in [6, 6.07) is 5.03. The molecule has 1 saturated heterocycles. The van der Waals surface area contributed by atoms with E-state index in [9.17, 15) is 18.0 Å². The van der Waals surface area contributed by atoms with E-state index in [0.717, 1.165) is 37.8 Å². The average Bonchev–Trinajstić information content (AvgIpc) is 2.55. The molecule has 1 unspecified atom stereocenters. The Bertz CT molecular complexity index is 545. The molecule has 6 heteroatoms. The van der Waals surface area contributed by atoms with E-state index in [4.69, 9.17) is 4.74 Å². The van der Waals surface area contributed by atoms with Gasteiger partial charge in [0.15, 0.2) is 0 Å². The molecule has 1 aliphatic heterocycles. The van der Waals surface area contributed by atoms with Crippen LogP contribution in [0, 0.1) is 5.92 Å². The second-order valence-electron chi connectivity index (χ2n) is 6.36. The Hall–Kier alpha value is -1.56. The summed E-state index contributed by atoms with van der Waals surface area (Å²) < 4.78 is 43.3. The molecule has 24 heavy (non-hydrogen) atoms. The van der Waals surface area contributed by atoms with Gasteiger partial charge in [0.25, 0.3) is 0 Å². The Morgan fingerprint density at radius 1 is 1.38 bits per heavy atom. The maximum Gasteiger partial charge on any atom is 0.416 e. The number of amides is 1. The number of likely N-dealkylation sites (tertiary alicyclic amines) is 1. The van der Waals surface area contributed by atoms with Gasteiger partial charge in [-0.2, -0.15) is 13.2 Å². The minimum atomic E-state index is -4.38. The summed E-state index contributed by atoms with van der Waals surface area (Å²) in [6.45, 7) is 2.11. The van der Waals surface area contributed by atoms with Gasteiger partial charge in [-0.25, -0.2) is 0 Å². The van der Waals surface area contributed by atoms with Gasteiger partial charge in [0, 0.05) is 26.8 Å². The number of carbonyl (C=O) groups excluding carboxylic acids is 1. The summed E-state index contributed by atoms with van der Waals surface area (Å²) >= 11 is 0. The first-order valence-electron chi connectivity index (χ1n) is 8.33. The van der Waals surface area contributed by atoms with Crippen molar-refractivity contribution in [2.45, 2.75) is 38.3 Å². The van der Waals surface area contributed by atoms with Gasteiger partial charge in [-0.05, 0) is 43.2 Å². The normalized spacial score (nSPS) is 18.7.